The summed E-state index contributed by atoms with van der Waals surface area (Å²) in [6.07, 6.45) is 0. The second kappa shape index (κ2) is 5.97. The number of carboxylic acids is 1. The van der Waals surface area contributed by atoms with Crippen molar-refractivity contribution >= 4 is 23.6 Å². The summed E-state index contributed by atoms with van der Waals surface area (Å²) in [7, 11) is 0. The molecule has 0 aliphatic rings. The molecule has 0 saturated carbocycles. The summed E-state index contributed by atoms with van der Waals surface area (Å²) in [6, 6.07) is -0.903. The van der Waals surface area contributed by atoms with Crippen LogP contribution in [0.1, 0.15) is 20.8 Å². The number of nitrogens with two attached hydrogens (primary N) is 1. The van der Waals surface area contributed by atoms with E-state index in [9.17, 15) is 9.59 Å². The Morgan fingerprint density at radius 2 is 2.07 bits per heavy atom. The molecule has 15 heavy (non-hydrogen) atoms. The number of carbonyl (C=O) groups excluding carboxylic acids is 1. The van der Waals surface area contributed by atoms with E-state index in [4.69, 9.17) is 10.8 Å². The molecule has 0 fully saturated rings. The van der Waals surface area contributed by atoms with Crippen molar-refractivity contribution in [2.45, 2.75) is 31.6 Å². The first kappa shape index (κ1) is 14.2. The summed E-state index contributed by atoms with van der Waals surface area (Å²) in [6.45, 7) is 5.53. The molecule has 1 amide bonds. The maximum Gasteiger partial charge on any atom is 0.321 e. The van der Waals surface area contributed by atoms with Gasteiger partial charge in [-0.05, 0) is 13.8 Å². The van der Waals surface area contributed by atoms with Crippen LogP contribution in [0.3, 0.4) is 0 Å². The zero-order chi connectivity index (χ0) is 12.1. The molecule has 0 aromatic carbocycles. The highest BCUT2D eigenvalue weighted by molar-refractivity contribution is 8.00. The minimum atomic E-state index is -1.01. The lowest BCUT2D eigenvalue weighted by Gasteiger charge is -2.27. The second-order valence-corrected chi connectivity index (χ2v) is 5.50. The molecule has 5 nitrogen and oxygen atoms in total. The Hall–Kier alpha value is -0.750. The van der Waals surface area contributed by atoms with Gasteiger partial charge < -0.3 is 16.2 Å². The fourth-order valence-electron chi connectivity index (χ4n) is 0.928. The molecule has 0 rings (SSSR count). The Morgan fingerprint density at radius 1 is 1.53 bits per heavy atom. The minimum absolute atomic E-state index is 0.0871. The number of nitrogens with one attached hydrogen (secondary N) is 1. The number of thioether (sulfide) groups is 1. The third-order valence-electron chi connectivity index (χ3n) is 1.97. The normalized spacial score (nSPS) is 13.3. The average Bonchev–Trinajstić information content (AvgIpc) is 2.10. The van der Waals surface area contributed by atoms with Gasteiger partial charge in [-0.2, -0.15) is 11.8 Å². The highest BCUT2D eigenvalue weighted by atomic mass is 32.2. The van der Waals surface area contributed by atoms with E-state index in [1.165, 1.54) is 18.7 Å². The molecule has 4 N–H and O–H groups in total. The SMILES string of the molecule is CC(=O)NCCSC(C)(C)[C@H](N)C(=O)O. The molecular weight excluding hydrogens is 216 g/mol. The van der Waals surface area contributed by atoms with Crippen molar-refractivity contribution in [1.82, 2.24) is 5.32 Å². The van der Waals surface area contributed by atoms with Crippen LogP contribution in [-0.2, 0) is 9.59 Å². The van der Waals surface area contributed by atoms with Crippen LogP contribution in [0.5, 0.6) is 0 Å². The van der Waals surface area contributed by atoms with Crippen molar-refractivity contribution in [1.29, 1.82) is 0 Å². The number of carbonyl (C=O) groups is 2. The van der Waals surface area contributed by atoms with Crippen LogP contribution in [-0.4, -0.2) is 40.1 Å². The first-order valence-electron chi connectivity index (χ1n) is 4.64. The minimum Gasteiger partial charge on any atom is -0.480 e. The van der Waals surface area contributed by atoms with Gasteiger partial charge in [0, 0.05) is 24.0 Å². The fourth-order valence-corrected chi connectivity index (χ4v) is 1.94. The third kappa shape index (κ3) is 5.64. The lowest BCUT2D eigenvalue weighted by molar-refractivity contribution is -0.139. The highest BCUT2D eigenvalue weighted by Gasteiger charge is 2.32. The van der Waals surface area contributed by atoms with Crippen molar-refractivity contribution in [3.05, 3.63) is 0 Å². The maximum absolute atomic E-state index is 10.7. The summed E-state index contributed by atoms with van der Waals surface area (Å²) < 4.78 is -0.537. The number of hydrogen-bond acceptors (Lipinski definition) is 4. The predicted octanol–water partition coefficient (Wildman–Crippen LogP) is 0.0462. The second-order valence-electron chi connectivity index (χ2n) is 3.75. The molecule has 1 atom stereocenters. The van der Waals surface area contributed by atoms with E-state index in [0.29, 0.717) is 12.3 Å². The lowest BCUT2D eigenvalue weighted by atomic mass is 10.1. The van der Waals surface area contributed by atoms with E-state index in [-0.39, 0.29) is 5.91 Å². The van der Waals surface area contributed by atoms with E-state index in [0.717, 1.165) is 0 Å². The van der Waals surface area contributed by atoms with Crippen molar-refractivity contribution in [3.63, 3.8) is 0 Å². The smallest absolute Gasteiger partial charge is 0.321 e. The van der Waals surface area contributed by atoms with Gasteiger partial charge in [0.25, 0.3) is 0 Å². The van der Waals surface area contributed by atoms with Gasteiger partial charge in [0.2, 0.25) is 5.91 Å². The maximum atomic E-state index is 10.7. The molecular formula is C9H18N2O3S. The van der Waals surface area contributed by atoms with Crippen LogP contribution < -0.4 is 11.1 Å². The van der Waals surface area contributed by atoms with Crippen LogP contribution in [0.4, 0.5) is 0 Å². The number of rotatable bonds is 6. The Kier molecular flexibility index (Phi) is 5.67. The van der Waals surface area contributed by atoms with Gasteiger partial charge >= 0.3 is 5.97 Å². The number of hydrogen-bond donors (Lipinski definition) is 3. The molecule has 0 unspecified atom stereocenters. The molecule has 0 aliphatic carbocycles. The molecule has 6 heteroatoms. The van der Waals surface area contributed by atoms with Crippen LogP contribution >= 0.6 is 11.8 Å². The monoisotopic (exact) mass is 234 g/mol. The van der Waals surface area contributed by atoms with Crippen LogP contribution in [0, 0.1) is 0 Å². The van der Waals surface area contributed by atoms with Crippen LogP contribution in [0.15, 0.2) is 0 Å². The van der Waals surface area contributed by atoms with Crippen LogP contribution in [0.25, 0.3) is 0 Å². The van der Waals surface area contributed by atoms with Gasteiger partial charge in [-0.25, -0.2) is 0 Å². The largest absolute Gasteiger partial charge is 0.480 e. The van der Waals surface area contributed by atoms with Crippen molar-refractivity contribution < 1.29 is 14.7 Å². The van der Waals surface area contributed by atoms with E-state index in [1.54, 1.807) is 13.8 Å². The number of amides is 1. The summed E-state index contributed by atoms with van der Waals surface area (Å²) in [5, 5.41) is 11.4. The van der Waals surface area contributed by atoms with Crippen molar-refractivity contribution in [2.24, 2.45) is 5.73 Å². The Balaban J connectivity index is 3.93. The first-order valence-corrected chi connectivity index (χ1v) is 5.62. The third-order valence-corrected chi connectivity index (χ3v) is 3.37. The predicted molar refractivity (Wildman–Crippen MR) is 60.8 cm³/mol. The summed E-state index contributed by atoms with van der Waals surface area (Å²) in [5.41, 5.74) is 5.53. The van der Waals surface area contributed by atoms with E-state index < -0.39 is 16.8 Å². The quantitative estimate of drug-likeness (QED) is 0.565. The molecule has 0 aromatic rings. The fraction of sp³-hybridized carbons (Fsp3) is 0.778. The first-order chi connectivity index (χ1) is 6.77. The van der Waals surface area contributed by atoms with Gasteiger partial charge in [-0.1, -0.05) is 0 Å². The molecule has 0 bridgehead atoms. The van der Waals surface area contributed by atoms with Gasteiger partial charge in [0.1, 0.15) is 6.04 Å². The molecule has 0 spiro atoms. The topological polar surface area (TPSA) is 92.4 Å². The zero-order valence-electron chi connectivity index (χ0n) is 9.24. The van der Waals surface area contributed by atoms with Gasteiger partial charge in [0.05, 0.1) is 0 Å². The Bertz CT molecular complexity index is 244. The zero-order valence-corrected chi connectivity index (χ0v) is 10.1. The number of aliphatic carboxylic acids is 1. The molecule has 0 aromatic heterocycles. The standard InChI is InChI=1S/C9H18N2O3S/c1-6(12)11-4-5-15-9(2,3)7(10)8(13)14/h7H,4-5,10H2,1-3H3,(H,11,12)(H,13,14)/t7-/m1/s1. The van der Waals surface area contributed by atoms with Crippen molar-refractivity contribution in [2.75, 3.05) is 12.3 Å². The Morgan fingerprint density at radius 3 is 2.47 bits per heavy atom. The van der Waals surface area contributed by atoms with E-state index in [2.05, 4.69) is 5.32 Å². The van der Waals surface area contributed by atoms with Gasteiger partial charge in [0.15, 0.2) is 0 Å². The Labute approximate surface area is 93.8 Å². The molecule has 0 radical (unpaired) electrons. The van der Waals surface area contributed by atoms with Crippen LogP contribution in [0.2, 0.25) is 0 Å². The number of carboxylic acid groups (broad SMARTS) is 1. The molecule has 0 aliphatic heterocycles. The summed E-state index contributed by atoms with van der Waals surface area (Å²) >= 11 is 1.44. The lowest BCUT2D eigenvalue weighted by Crippen LogP contribution is -2.47. The van der Waals surface area contributed by atoms with E-state index >= 15 is 0 Å². The molecule has 0 heterocycles. The highest BCUT2D eigenvalue weighted by Crippen LogP contribution is 2.26. The molecule has 88 valence electrons. The average molecular weight is 234 g/mol. The van der Waals surface area contributed by atoms with Gasteiger partial charge in [-0.15, -0.1) is 0 Å². The molecule has 0 saturated heterocycles. The van der Waals surface area contributed by atoms with E-state index in [1.807, 2.05) is 0 Å². The summed E-state index contributed by atoms with van der Waals surface area (Å²) in [5.74, 6) is -0.448. The van der Waals surface area contributed by atoms with Gasteiger partial charge in [-0.3, -0.25) is 9.59 Å². The van der Waals surface area contributed by atoms with Crippen molar-refractivity contribution in [3.8, 4) is 0 Å². The summed E-state index contributed by atoms with van der Waals surface area (Å²) in [4.78, 5) is 21.2.